The van der Waals surface area contributed by atoms with Gasteiger partial charge in [-0.15, -0.1) is 0 Å². The first-order valence-corrected chi connectivity index (χ1v) is 7.38. The maximum Gasteiger partial charge on any atom is 0.341 e. The Morgan fingerprint density at radius 3 is 1.75 bits per heavy atom. The summed E-state index contributed by atoms with van der Waals surface area (Å²) in [5, 5.41) is 0. The maximum atomic E-state index is 11.3. The minimum Gasteiger partial charge on any atom is -0.320 e. The third kappa shape index (κ3) is 4.04. The van der Waals surface area contributed by atoms with E-state index >= 15 is 0 Å². The van der Waals surface area contributed by atoms with E-state index in [0.717, 1.165) is 0 Å². The molecule has 0 amide bonds. The SMILES string of the molecule is COP(=O)(Cl)CP(=O)(OC)OC. The highest BCUT2D eigenvalue weighted by Crippen LogP contribution is 2.65. The van der Waals surface area contributed by atoms with Crippen LogP contribution in [0, 0.1) is 0 Å². The Morgan fingerprint density at radius 2 is 1.50 bits per heavy atom. The first-order valence-electron chi connectivity index (χ1n) is 2.94. The molecule has 0 aliphatic carbocycles. The lowest BCUT2D eigenvalue weighted by Crippen LogP contribution is -1.94. The van der Waals surface area contributed by atoms with Crippen molar-refractivity contribution < 1.29 is 22.7 Å². The van der Waals surface area contributed by atoms with Crippen LogP contribution in [0.4, 0.5) is 0 Å². The van der Waals surface area contributed by atoms with E-state index in [1.807, 2.05) is 0 Å². The minimum absolute atomic E-state index is 0.426. The van der Waals surface area contributed by atoms with Gasteiger partial charge in [0.15, 0.2) is 0 Å². The lowest BCUT2D eigenvalue weighted by atomic mass is 11.8. The molecule has 0 radical (unpaired) electrons. The van der Waals surface area contributed by atoms with Crippen LogP contribution in [0.3, 0.4) is 0 Å². The molecule has 5 nitrogen and oxygen atoms in total. The van der Waals surface area contributed by atoms with Gasteiger partial charge in [-0.3, -0.25) is 9.13 Å². The molecule has 74 valence electrons. The molecule has 0 rings (SSSR count). The summed E-state index contributed by atoms with van der Waals surface area (Å²) in [5.74, 6) is -0.426. The van der Waals surface area contributed by atoms with E-state index in [1.165, 1.54) is 21.3 Å². The highest BCUT2D eigenvalue weighted by atomic mass is 35.7. The normalized spacial score (nSPS) is 17.3. The van der Waals surface area contributed by atoms with E-state index in [-0.39, 0.29) is 0 Å². The van der Waals surface area contributed by atoms with E-state index in [0.29, 0.717) is 0 Å². The third-order valence-electron chi connectivity index (χ3n) is 1.17. The quantitative estimate of drug-likeness (QED) is 0.686. The van der Waals surface area contributed by atoms with Crippen molar-refractivity contribution in [1.29, 1.82) is 0 Å². The average molecular weight is 237 g/mol. The molecule has 0 saturated heterocycles. The number of halogens is 1. The average Bonchev–Trinajstić information content (AvgIpc) is 2.04. The molecule has 0 fully saturated rings. The third-order valence-corrected chi connectivity index (χ3v) is 6.94. The van der Waals surface area contributed by atoms with Crippen molar-refractivity contribution in [2.24, 2.45) is 0 Å². The van der Waals surface area contributed by atoms with Gasteiger partial charge in [-0.05, 0) is 11.2 Å². The van der Waals surface area contributed by atoms with Crippen LogP contribution in [-0.2, 0) is 22.7 Å². The van der Waals surface area contributed by atoms with Gasteiger partial charge >= 0.3 is 14.3 Å². The van der Waals surface area contributed by atoms with Gasteiger partial charge in [0.25, 0.3) is 0 Å². The zero-order valence-corrected chi connectivity index (χ0v) is 9.57. The zero-order chi connectivity index (χ0) is 9.83. The van der Waals surface area contributed by atoms with Crippen LogP contribution < -0.4 is 0 Å². The van der Waals surface area contributed by atoms with Gasteiger partial charge in [0.1, 0.15) is 5.90 Å². The molecule has 0 spiro atoms. The second kappa shape index (κ2) is 4.75. The Bertz CT molecular complexity index is 221. The molecule has 1 atom stereocenters. The highest BCUT2D eigenvalue weighted by molar-refractivity contribution is 7.91. The van der Waals surface area contributed by atoms with Gasteiger partial charge in [-0.1, -0.05) is 0 Å². The monoisotopic (exact) mass is 236 g/mol. The van der Waals surface area contributed by atoms with Crippen LogP contribution >= 0.6 is 25.6 Å². The van der Waals surface area contributed by atoms with Gasteiger partial charge in [0.2, 0.25) is 0 Å². The molecular formula is C4H11ClO5P2. The molecule has 0 heterocycles. The van der Waals surface area contributed by atoms with Crippen molar-refractivity contribution in [2.75, 3.05) is 27.2 Å². The van der Waals surface area contributed by atoms with Crippen LogP contribution in [0.2, 0.25) is 0 Å². The van der Waals surface area contributed by atoms with E-state index < -0.39 is 20.2 Å². The summed E-state index contributed by atoms with van der Waals surface area (Å²) in [6.45, 7) is -3.37. The fourth-order valence-electron chi connectivity index (χ4n) is 0.455. The molecule has 0 N–H and O–H groups in total. The molecule has 0 aromatic rings. The van der Waals surface area contributed by atoms with Crippen molar-refractivity contribution in [2.45, 2.75) is 0 Å². The minimum atomic E-state index is -3.37. The Balaban J connectivity index is 4.42. The first kappa shape index (κ1) is 12.6. The summed E-state index contributed by atoms with van der Waals surface area (Å²) >= 11 is 5.36. The molecule has 0 saturated carbocycles. The summed E-state index contributed by atoms with van der Waals surface area (Å²) < 4.78 is 35.9. The Hall–Kier alpha value is 0.630. The van der Waals surface area contributed by atoms with Crippen LogP contribution in [0.25, 0.3) is 0 Å². The van der Waals surface area contributed by atoms with Crippen molar-refractivity contribution in [3.63, 3.8) is 0 Å². The molecule has 0 bridgehead atoms. The van der Waals surface area contributed by atoms with Gasteiger partial charge in [0, 0.05) is 21.3 Å². The fraction of sp³-hybridized carbons (Fsp3) is 1.00. The van der Waals surface area contributed by atoms with Gasteiger partial charge in [-0.25, -0.2) is 0 Å². The fourth-order valence-corrected chi connectivity index (χ4v) is 4.82. The molecule has 0 aliphatic rings. The summed E-state index contributed by atoms with van der Waals surface area (Å²) in [7, 11) is 0.213. The maximum absolute atomic E-state index is 11.3. The van der Waals surface area contributed by atoms with Crippen LogP contribution in [-0.4, -0.2) is 27.2 Å². The van der Waals surface area contributed by atoms with Crippen LogP contribution in [0.1, 0.15) is 0 Å². The molecule has 0 aromatic heterocycles. The Labute approximate surface area is 76.1 Å². The molecule has 12 heavy (non-hydrogen) atoms. The topological polar surface area (TPSA) is 61.8 Å². The largest absolute Gasteiger partial charge is 0.341 e. The van der Waals surface area contributed by atoms with Gasteiger partial charge in [0.05, 0.1) is 0 Å². The van der Waals surface area contributed by atoms with E-state index in [9.17, 15) is 9.13 Å². The Kier molecular flexibility index (Phi) is 5.00. The van der Waals surface area contributed by atoms with Crippen LogP contribution in [0.5, 0.6) is 0 Å². The molecule has 1 unspecified atom stereocenters. The smallest absolute Gasteiger partial charge is 0.320 e. The molecule has 0 aliphatic heterocycles. The molecule has 0 aromatic carbocycles. The number of rotatable bonds is 5. The zero-order valence-electron chi connectivity index (χ0n) is 7.02. The standard InChI is InChI=1S/C4H11ClO5P2/c1-8-11(5,6)4-12(7,9-2)10-3/h4H2,1-3H3. The van der Waals surface area contributed by atoms with E-state index in [2.05, 4.69) is 13.6 Å². The van der Waals surface area contributed by atoms with E-state index in [4.69, 9.17) is 11.2 Å². The molecule has 8 heteroatoms. The summed E-state index contributed by atoms with van der Waals surface area (Å²) in [4.78, 5) is 0. The molecular weight excluding hydrogens is 225 g/mol. The first-order chi connectivity index (χ1) is 5.39. The van der Waals surface area contributed by atoms with Gasteiger partial charge in [-0.2, -0.15) is 0 Å². The van der Waals surface area contributed by atoms with Crippen molar-refractivity contribution in [3.8, 4) is 0 Å². The Morgan fingerprint density at radius 1 is 1.08 bits per heavy atom. The van der Waals surface area contributed by atoms with Crippen LogP contribution in [0.15, 0.2) is 0 Å². The summed E-state index contributed by atoms with van der Waals surface area (Å²) in [6, 6.07) is 0. The predicted molar refractivity (Wildman–Crippen MR) is 47.0 cm³/mol. The summed E-state index contributed by atoms with van der Waals surface area (Å²) in [5.41, 5.74) is 0. The second-order valence-electron chi connectivity index (χ2n) is 1.89. The number of hydrogen-bond donors (Lipinski definition) is 0. The predicted octanol–water partition coefficient (Wildman–Crippen LogP) is 2.51. The lowest BCUT2D eigenvalue weighted by Gasteiger charge is -2.15. The highest BCUT2D eigenvalue weighted by Gasteiger charge is 2.33. The number of hydrogen-bond acceptors (Lipinski definition) is 5. The summed E-state index contributed by atoms with van der Waals surface area (Å²) in [6.07, 6.45) is 0. The second-order valence-corrected chi connectivity index (χ2v) is 8.06. The van der Waals surface area contributed by atoms with Crippen molar-refractivity contribution in [3.05, 3.63) is 0 Å². The lowest BCUT2D eigenvalue weighted by molar-refractivity contribution is 0.278. The van der Waals surface area contributed by atoms with Crippen molar-refractivity contribution in [1.82, 2.24) is 0 Å². The van der Waals surface area contributed by atoms with Gasteiger partial charge < -0.3 is 13.6 Å². The van der Waals surface area contributed by atoms with E-state index in [1.54, 1.807) is 0 Å². The van der Waals surface area contributed by atoms with Crippen molar-refractivity contribution >= 4 is 25.6 Å².